The van der Waals surface area contributed by atoms with Crippen molar-refractivity contribution in [1.29, 1.82) is 0 Å². The molecule has 2 aliphatic rings. The zero-order chi connectivity index (χ0) is 13.9. The van der Waals surface area contributed by atoms with E-state index in [1.807, 2.05) is 20.8 Å². The molecule has 0 bridgehead atoms. The van der Waals surface area contributed by atoms with Crippen molar-refractivity contribution in [3.05, 3.63) is 0 Å². The van der Waals surface area contributed by atoms with E-state index < -0.39 is 5.60 Å². The van der Waals surface area contributed by atoms with E-state index in [0.29, 0.717) is 5.92 Å². The smallest absolute Gasteiger partial charge is 0.407 e. The Labute approximate surface area is 116 Å². The van der Waals surface area contributed by atoms with Gasteiger partial charge in [0.05, 0.1) is 0 Å². The van der Waals surface area contributed by atoms with Gasteiger partial charge in [-0.05, 0) is 64.8 Å². The predicted molar refractivity (Wildman–Crippen MR) is 76.1 cm³/mol. The minimum Gasteiger partial charge on any atom is -0.444 e. The summed E-state index contributed by atoms with van der Waals surface area (Å²) >= 11 is 0. The van der Waals surface area contributed by atoms with E-state index in [1.54, 1.807) is 0 Å². The molecule has 1 unspecified atom stereocenters. The van der Waals surface area contributed by atoms with Crippen molar-refractivity contribution >= 4 is 6.09 Å². The average molecular weight is 268 g/mol. The highest BCUT2D eigenvalue weighted by Gasteiger charge is 2.27. The summed E-state index contributed by atoms with van der Waals surface area (Å²) in [5, 5.41) is 2.91. The molecule has 2 rings (SSSR count). The molecule has 1 amide bonds. The summed E-state index contributed by atoms with van der Waals surface area (Å²) in [5.41, 5.74) is -0.408. The van der Waals surface area contributed by atoms with Crippen molar-refractivity contribution in [1.82, 2.24) is 10.2 Å². The lowest BCUT2D eigenvalue weighted by atomic mass is 9.98. The van der Waals surface area contributed by atoms with E-state index in [4.69, 9.17) is 4.74 Å². The van der Waals surface area contributed by atoms with Crippen LogP contribution in [0, 0.1) is 11.8 Å². The Hall–Kier alpha value is -0.770. The Morgan fingerprint density at radius 2 is 2.00 bits per heavy atom. The maximum Gasteiger partial charge on any atom is 0.407 e. The number of carbonyl (C=O) groups excluding carboxylic acids is 1. The van der Waals surface area contributed by atoms with Gasteiger partial charge in [-0.25, -0.2) is 4.79 Å². The molecule has 1 saturated carbocycles. The van der Waals surface area contributed by atoms with Crippen LogP contribution in [0.2, 0.25) is 0 Å². The van der Waals surface area contributed by atoms with Crippen LogP contribution in [0.15, 0.2) is 0 Å². The first kappa shape index (κ1) is 14.6. The Bertz CT molecular complexity index is 308. The van der Waals surface area contributed by atoms with Gasteiger partial charge in [0.15, 0.2) is 0 Å². The van der Waals surface area contributed by atoms with Crippen LogP contribution in [-0.4, -0.2) is 42.8 Å². The topological polar surface area (TPSA) is 41.6 Å². The predicted octanol–water partition coefficient (Wildman–Crippen LogP) is 2.63. The molecule has 1 atom stereocenters. The minimum atomic E-state index is -0.408. The number of piperidine rings is 1. The summed E-state index contributed by atoms with van der Waals surface area (Å²) in [5.74, 6) is 1.54. The van der Waals surface area contributed by atoms with Gasteiger partial charge in [-0.1, -0.05) is 0 Å². The number of alkyl carbamates (subject to hydrolysis) is 1. The van der Waals surface area contributed by atoms with E-state index in [0.717, 1.165) is 19.0 Å². The first-order chi connectivity index (χ1) is 8.92. The fraction of sp³-hybridized carbons (Fsp3) is 0.933. The van der Waals surface area contributed by atoms with Gasteiger partial charge in [-0.3, -0.25) is 0 Å². The molecule has 1 aliphatic carbocycles. The summed E-state index contributed by atoms with van der Waals surface area (Å²) in [6.45, 7) is 10.1. The summed E-state index contributed by atoms with van der Waals surface area (Å²) in [4.78, 5) is 14.2. The number of hydrogen-bond donors (Lipinski definition) is 1. The van der Waals surface area contributed by atoms with Gasteiger partial charge in [-0.15, -0.1) is 0 Å². The zero-order valence-electron chi connectivity index (χ0n) is 12.6. The van der Waals surface area contributed by atoms with E-state index in [2.05, 4.69) is 10.2 Å². The molecule has 110 valence electrons. The molecule has 0 radical (unpaired) electrons. The summed E-state index contributed by atoms with van der Waals surface area (Å²) in [7, 11) is 0. The zero-order valence-corrected chi connectivity index (χ0v) is 12.6. The fourth-order valence-electron chi connectivity index (χ4n) is 2.69. The summed E-state index contributed by atoms with van der Waals surface area (Å²) in [6.07, 6.45) is 5.02. The number of hydrogen-bond acceptors (Lipinski definition) is 3. The highest BCUT2D eigenvalue weighted by Crippen LogP contribution is 2.31. The van der Waals surface area contributed by atoms with E-state index in [1.165, 1.54) is 38.8 Å². The molecule has 19 heavy (non-hydrogen) atoms. The molecular formula is C15H28N2O2. The van der Waals surface area contributed by atoms with Crippen LogP contribution in [0.25, 0.3) is 0 Å². The van der Waals surface area contributed by atoms with Crippen molar-refractivity contribution in [2.45, 2.75) is 52.1 Å². The third-order valence-corrected chi connectivity index (χ3v) is 3.75. The third-order valence-electron chi connectivity index (χ3n) is 3.75. The van der Waals surface area contributed by atoms with Crippen molar-refractivity contribution in [2.75, 3.05) is 26.2 Å². The van der Waals surface area contributed by atoms with Crippen LogP contribution in [0.3, 0.4) is 0 Å². The number of nitrogens with zero attached hydrogens (tertiary/aromatic N) is 1. The number of likely N-dealkylation sites (tertiary alicyclic amines) is 1. The molecule has 0 aromatic heterocycles. The van der Waals surface area contributed by atoms with Gasteiger partial charge < -0.3 is 15.0 Å². The van der Waals surface area contributed by atoms with Gasteiger partial charge in [0.1, 0.15) is 5.60 Å². The first-order valence-electron chi connectivity index (χ1n) is 7.61. The normalized spacial score (nSPS) is 25.1. The molecular weight excluding hydrogens is 240 g/mol. The lowest BCUT2D eigenvalue weighted by molar-refractivity contribution is 0.0506. The monoisotopic (exact) mass is 268 g/mol. The van der Waals surface area contributed by atoms with Gasteiger partial charge in [0.25, 0.3) is 0 Å². The number of ether oxygens (including phenoxy) is 1. The van der Waals surface area contributed by atoms with E-state index in [9.17, 15) is 4.79 Å². The highest BCUT2D eigenvalue weighted by molar-refractivity contribution is 5.67. The molecule has 0 spiro atoms. The Balaban J connectivity index is 1.65. The maximum absolute atomic E-state index is 11.6. The molecule has 0 aromatic carbocycles. The van der Waals surface area contributed by atoms with Crippen molar-refractivity contribution in [3.63, 3.8) is 0 Å². The second kappa shape index (κ2) is 6.12. The van der Waals surface area contributed by atoms with Crippen LogP contribution in [0.5, 0.6) is 0 Å². The molecule has 0 aromatic rings. The largest absolute Gasteiger partial charge is 0.444 e. The molecule has 1 heterocycles. The van der Waals surface area contributed by atoms with Crippen LogP contribution < -0.4 is 5.32 Å². The maximum atomic E-state index is 11.6. The lowest BCUT2D eigenvalue weighted by Gasteiger charge is -2.33. The van der Waals surface area contributed by atoms with Crippen molar-refractivity contribution in [2.24, 2.45) is 11.8 Å². The van der Waals surface area contributed by atoms with Crippen molar-refractivity contribution < 1.29 is 9.53 Å². The van der Waals surface area contributed by atoms with Crippen LogP contribution in [0.1, 0.15) is 46.5 Å². The fourth-order valence-corrected chi connectivity index (χ4v) is 2.69. The molecule has 2 fully saturated rings. The van der Waals surface area contributed by atoms with Crippen LogP contribution in [0.4, 0.5) is 4.79 Å². The Kier molecular flexibility index (Phi) is 4.71. The van der Waals surface area contributed by atoms with E-state index >= 15 is 0 Å². The SMILES string of the molecule is CC(C)(C)OC(=O)NCC1CCCN(CC2CC2)C1. The first-order valence-corrected chi connectivity index (χ1v) is 7.61. The Morgan fingerprint density at radius 3 is 2.63 bits per heavy atom. The standard InChI is InChI=1S/C15H28N2O2/c1-15(2,3)19-14(18)16-9-13-5-4-8-17(11-13)10-12-6-7-12/h12-13H,4-11H2,1-3H3,(H,16,18). The lowest BCUT2D eigenvalue weighted by Crippen LogP contribution is -2.42. The third kappa shape index (κ3) is 5.81. The molecule has 4 nitrogen and oxygen atoms in total. The Morgan fingerprint density at radius 1 is 1.26 bits per heavy atom. The van der Waals surface area contributed by atoms with Crippen molar-refractivity contribution in [3.8, 4) is 0 Å². The van der Waals surface area contributed by atoms with Gasteiger partial charge in [0, 0.05) is 19.6 Å². The van der Waals surface area contributed by atoms with Crippen LogP contribution in [-0.2, 0) is 4.74 Å². The quantitative estimate of drug-likeness (QED) is 0.852. The second-order valence-corrected chi connectivity index (χ2v) is 7.09. The molecule has 4 heteroatoms. The number of nitrogens with one attached hydrogen (secondary N) is 1. The van der Waals surface area contributed by atoms with E-state index in [-0.39, 0.29) is 6.09 Å². The average Bonchev–Trinajstić information content (AvgIpc) is 3.08. The number of amides is 1. The molecule has 1 N–H and O–H groups in total. The summed E-state index contributed by atoms with van der Waals surface area (Å²) in [6, 6.07) is 0. The molecule has 1 saturated heterocycles. The van der Waals surface area contributed by atoms with Gasteiger partial charge in [0.2, 0.25) is 0 Å². The molecule has 1 aliphatic heterocycles. The number of rotatable bonds is 4. The van der Waals surface area contributed by atoms with Gasteiger partial charge in [-0.2, -0.15) is 0 Å². The minimum absolute atomic E-state index is 0.285. The highest BCUT2D eigenvalue weighted by atomic mass is 16.6. The summed E-state index contributed by atoms with van der Waals surface area (Å²) < 4.78 is 5.27. The second-order valence-electron chi connectivity index (χ2n) is 7.09. The van der Waals surface area contributed by atoms with Crippen LogP contribution >= 0.6 is 0 Å². The van der Waals surface area contributed by atoms with Gasteiger partial charge >= 0.3 is 6.09 Å². The number of carbonyl (C=O) groups is 1.